The molecule has 0 aromatic heterocycles. The highest BCUT2D eigenvalue weighted by Gasteiger charge is 2.29. The van der Waals surface area contributed by atoms with Gasteiger partial charge in [0.05, 0.1) is 20.3 Å². The molecule has 3 aromatic rings. The SMILES string of the molecule is COc1cc2c(cc1OC)C(CNC(=O)c1ccc(Cl)cc1)N(Cc1cccc(C)c1)CC2. The number of methoxy groups -OCH3 is 2. The topological polar surface area (TPSA) is 50.8 Å². The van der Waals surface area contributed by atoms with Crippen molar-refractivity contribution in [2.75, 3.05) is 27.3 Å². The Bertz CT molecular complexity index is 1130. The summed E-state index contributed by atoms with van der Waals surface area (Å²) in [6.07, 6.45) is 0.906. The van der Waals surface area contributed by atoms with Crippen LogP contribution in [0.5, 0.6) is 11.5 Å². The van der Waals surface area contributed by atoms with Gasteiger partial charge in [0, 0.05) is 30.2 Å². The lowest BCUT2D eigenvalue weighted by Crippen LogP contribution is -2.41. The zero-order chi connectivity index (χ0) is 23.4. The second kappa shape index (κ2) is 10.3. The van der Waals surface area contributed by atoms with Gasteiger partial charge in [-0.05, 0) is 66.4 Å². The molecule has 0 saturated carbocycles. The molecule has 0 bridgehead atoms. The zero-order valence-corrected chi connectivity index (χ0v) is 20.0. The minimum Gasteiger partial charge on any atom is -0.493 e. The molecule has 1 unspecified atom stereocenters. The van der Waals surface area contributed by atoms with Gasteiger partial charge in [0.25, 0.3) is 5.91 Å². The number of nitrogens with zero attached hydrogens (tertiary/aromatic N) is 1. The lowest BCUT2D eigenvalue weighted by atomic mass is 9.91. The van der Waals surface area contributed by atoms with Crippen LogP contribution in [0.25, 0.3) is 0 Å². The molecule has 6 heteroatoms. The van der Waals surface area contributed by atoms with Gasteiger partial charge < -0.3 is 14.8 Å². The molecule has 172 valence electrons. The van der Waals surface area contributed by atoms with Crippen molar-refractivity contribution in [3.8, 4) is 11.5 Å². The molecule has 0 fully saturated rings. The zero-order valence-electron chi connectivity index (χ0n) is 19.2. The van der Waals surface area contributed by atoms with Crippen LogP contribution < -0.4 is 14.8 Å². The van der Waals surface area contributed by atoms with Crippen LogP contribution >= 0.6 is 11.6 Å². The Hall–Kier alpha value is -3.02. The van der Waals surface area contributed by atoms with E-state index in [-0.39, 0.29) is 11.9 Å². The molecule has 0 spiro atoms. The van der Waals surface area contributed by atoms with Crippen LogP contribution in [0, 0.1) is 6.92 Å². The lowest BCUT2D eigenvalue weighted by Gasteiger charge is -2.38. The second-order valence-electron chi connectivity index (χ2n) is 8.35. The normalized spacial score (nSPS) is 15.6. The number of amides is 1. The number of rotatable bonds is 7. The number of aryl methyl sites for hydroxylation is 1. The van der Waals surface area contributed by atoms with Crippen molar-refractivity contribution in [1.29, 1.82) is 0 Å². The number of hydrogen-bond donors (Lipinski definition) is 1. The van der Waals surface area contributed by atoms with E-state index in [1.165, 1.54) is 16.7 Å². The van der Waals surface area contributed by atoms with Gasteiger partial charge in [-0.1, -0.05) is 41.4 Å². The van der Waals surface area contributed by atoms with Gasteiger partial charge in [0.1, 0.15) is 0 Å². The van der Waals surface area contributed by atoms with E-state index in [4.69, 9.17) is 21.1 Å². The van der Waals surface area contributed by atoms with Crippen molar-refractivity contribution >= 4 is 17.5 Å². The largest absolute Gasteiger partial charge is 0.493 e. The first-order valence-corrected chi connectivity index (χ1v) is 11.4. The monoisotopic (exact) mass is 464 g/mol. The Kier molecular flexibility index (Phi) is 7.21. The first-order chi connectivity index (χ1) is 16.0. The molecular weight excluding hydrogens is 436 g/mol. The smallest absolute Gasteiger partial charge is 0.251 e. The van der Waals surface area contributed by atoms with E-state index in [0.717, 1.165) is 30.8 Å². The standard InChI is InChI=1S/C27H29ClN2O3/c1-18-5-4-6-19(13-18)17-30-12-11-21-14-25(32-2)26(33-3)15-23(21)24(30)16-29-27(31)20-7-9-22(28)10-8-20/h4-10,13-15,24H,11-12,16-17H2,1-3H3,(H,29,31). The van der Waals surface area contributed by atoms with E-state index in [2.05, 4.69) is 53.5 Å². The minimum absolute atomic E-state index is 0.00492. The molecule has 0 radical (unpaired) electrons. The fourth-order valence-electron chi connectivity index (χ4n) is 4.45. The highest BCUT2D eigenvalue weighted by Crippen LogP contribution is 2.38. The summed E-state index contributed by atoms with van der Waals surface area (Å²) in [5.74, 6) is 1.31. The Morgan fingerprint density at radius 2 is 1.79 bits per heavy atom. The number of benzene rings is 3. The molecule has 1 aliphatic heterocycles. The molecule has 4 rings (SSSR count). The molecule has 1 N–H and O–H groups in total. The molecule has 1 heterocycles. The molecule has 1 atom stereocenters. The number of halogens is 1. The summed E-state index contributed by atoms with van der Waals surface area (Å²) in [6, 6.07) is 19.6. The average Bonchev–Trinajstić information content (AvgIpc) is 2.82. The van der Waals surface area contributed by atoms with E-state index < -0.39 is 0 Å². The number of hydrogen-bond acceptors (Lipinski definition) is 4. The third-order valence-electron chi connectivity index (χ3n) is 6.14. The van der Waals surface area contributed by atoms with Crippen molar-refractivity contribution in [1.82, 2.24) is 10.2 Å². The van der Waals surface area contributed by atoms with E-state index in [1.54, 1.807) is 38.5 Å². The van der Waals surface area contributed by atoms with Crippen molar-refractivity contribution < 1.29 is 14.3 Å². The third kappa shape index (κ3) is 5.32. The molecule has 3 aromatic carbocycles. The van der Waals surface area contributed by atoms with E-state index in [9.17, 15) is 4.79 Å². The molecule has 0 saturated heterocycles. The Morgan fingerprint density at radius 1 is 1.06 bits per heavy atom. The first kappa shape index (κ1) is 23.1. The fourth-order valence-corrected chi connectivity index (χ4v) is 4.57. The van der Waals surface area contributed by atoms with E-state index >= 15 is 0 Å². The number of fused-ring (bicyclic) bond motifs is 1. The Labute approximate surface area is 200 Å². The second-order valence-corrected chi connectivity index (χ2v) is 8.78. The summed E-state index contributed by atoms with van der Waals surface area (Å²) < 4.78 is 11.1. The van der Waals surface area contributed by atoms with Gasteiger partial charge in [-0.3, -0.25) is 9.69 Å². The quantitative estimate of drug-likeness (QED) is 0.522. The summed E-state index contributed by atoms with van der Waals surface area (Å²) in [7, 11) is 3.30. The predicted molar refractivity (Wildman–Crippen MR) is 131 cm³/mol. The number of nitrogens with one attached hydrogen (secondary N) is 1. The number of carbonyl (C=O) groups excluding carboxylic acids is 1. The fraction of sp³-hybridized carbons (Fsp3) is 0.296. The maximum atomic E-state index is 12.8. The van der Waals surface area contributed by atoms with E-state index in [0.29, 0.717) is 22.9 Å². The number of ether oxygens (including phenoxy) is 2. The molecule has 5 nitrogen and oxygen atoms in total. The van der Waals surface area contributed by atoms with E-state index in [1.807, 2.05) is 0 Å². The summed E-state index contributed by atoms with van der Waals surface area (Å²) >= 11 is 5.97. The lowest BCUT2D eigenvalue weighted by molar-refractivity contribution is 0.0926. The Balaban J connectivity index is 1.62. The van der Waals surface area contributed by atoms with Crippen LogP contribution in [0.1, 0.15) is 38.7 Å². The minimum atomic E-state index is -0.116. The van der Waals surface area contributed by atoms with Gasteiger partial charge in [0.15, 0.2) is 11.5 Å². The molecule has 1 aliphatic rings. The van der Waals surface area contributed by atoms with Gasteiger partial charge in [0.2, 0.25) is 0 Å². The average molecular weight is 465 g/mol. The van der Waals surface area contributed by atoms with Gasteiger partial charge in [-0.15, -0.1) is 0 Å². The maximum absolute atomic E-state index is 12.8. The van der Waals surface area contributed by atoms with Crippen LogP contribution in [0.15, 0.2) is 60.7 Å². The van der Waals surface area contributed by atoms with Crippen molar-refractivity contribution in [2.45, 2.75) is 25.9 Å². The van der Waals surface area contributed by atoms with Crippen molar-refractivity contribution in [3.63, 3.8) is 0 Å². The van der Waals surface area contributed by atoms with Crippen LogP contribution in [-0.4, -0.2) is 38.1 Å². The number of carbonyl (C=O) groups is 1. The third-order valence-corrected chi connectivity index (χ3v) is 6.40. The first-order valence-electron chi connectivity index (χ1n) is 11.1. The summed E-state index contributed by atoms with van der Waals surface area (Å²) in [5.41, 5.74) is 5.46. The molecule has 0 aliphatic carbocycles. The molecule has 1 amide bonds. The highest BCUT2D eigenvalue weighted by molar-refractivity contribution is 6.30. The maximum Gasteiger partial charge on any atom is 0.251 e. The Morgan fingerprint density at radius 3 is 2.48 bits per heavy atom. The molecular formula is C27H29ClN2O3. The van der Waals surface area contributed by atoms with Crippen LogP contribution in [0.3, 0.4) is 0 Å². The molecule has 33 heavy (non-hydrogen) atoms. The van der Waals surface area contributed by atoms with Crippen LogP contribution in [0.2, 0.25) is 5.02 Å². The summed E-state index contributed by atoms with van der Waals surface area (Å²) in [4.78, 5) is 15.2. The van der Waals surface area contributed by atoms with Gasteiger partial charge in [-0.2, -0.15) is 0 Å². The van der Waals surface area contributed by atoms with Crippen LogP contribution in [0.4, 0.5) is 0 Å². The van der Waals surface area contributed by atoms with Crippen molar-refractivity contribution in [2.24, 2.45) is 0 Å². The van der Waals surface area contributed by atoms with Crippen molar-refractivity contribution in [3.05, 3.63) is 93.5 Å². The summed E-state index contributed by atoms with van der Waals surface area (Å²) in [6.45, 7) is 4.28. The highest BCUT2D eigenvalue weighted by atomic mass is 35.5. The van der Waals surface area contributed by atoms with Gasteiger partial charge >= 0.3 is 0 Å². The van der Waals surface area contributed by atoms with Gasteiger partial charge in [-0.25, -0.2) is 0 Å². The van der Waals surface area contributed by atoms with Crippen LogP contribution in [-0.2, 0) is 13.0 Å². The predicted octanol–water partition coefficient (Wildman–Crippen LogP) is 5.20. The summed E-state index contributed by atoms with van der Waals surface area (Å²) in [5, 5.41) is 3.74.